The molecule has 1 heteroatoms. The molecule has 0 saturated carbocycles. The Hall–Kier alpha value is -1.86. The average molecular weight is 307 g/mol. The van der Waals surface area contributed by atoms with Gasteiger partial charge in [0.2, 0.25) is 0 Å². The van der Waals surface area contributed by atoms with E-state index in [1.165, 1.54) is 29.5 Å². The van der Waals surface area contributed by atoms with Gasteiger partial charge in [0.25, 0.3) is 0 Å². The van der Waals surface area contributed by atoms with Crippen LogP contribution in [0.4, 0.5) is 0 Å². The van der Waals surface area contributed by atoms with Gasteiger partial charge in [-0.3, -0.25) is 0 Å². The fourth-order valence-corrected chi connectivity index (χ4v) is 2.91. The fourth-order valence-electron chi connectivity index (χ4n) is 2.91. The van der Waals surface area contributed by atoms with E-state index in [4.69, 9.17) is 0 Å². The molecule has 2 aromatic rings. The molecule has 0 aliphatic carbocycles. The Morgan fingerprint density at radius 3 is 2.17 bits per heavy atom. The molecule has 0 radical (unpaired) electrons. The number of hydrogen-bond donors (Lipinski definition) is 1. The highest BCUT2D eigenvalue weighted by atomic mass is 14.9. The minimum atomic E-state index is 0.308. The van der Waals surface area contributed by atoms with Crippen LogP contribution in [0, 0.1) is 0 Å². The quantitative estimate of drug-likeness (QED) is 0.556. The SMILES string of the molecule is CCC/C=C(\CCC)C(NCc1ccccc1)c1ccccc1. The maximum Gasteiger partial charge on any atom is 0.0538 e. The largest absolute Gasteiger partial charge is 0.302 e. The highest BCUT2D eigenvalue weighted by Gasteiger charge is 2.15. The molecule has 1 N–H and O–H groups in total. The van der Waals surface area contributed by atoms with E-state index in [0.717, 1.165) is 19.4 Å². The summed E-state index contributed by atoms with van der Waals surface area (Å²) < 4.78 is 0. The number of unbranched alkanes of at least 4 members (excludes halogenated alkanes) is 1. The maximum atomic E-state index is 3.78. The van der Waals surface area contributed by atoms with Gasteiger partial charge in [0.1, 0.15) is 0 Å². The van der Waals surface area contributed by atoms with Gasteiger partial charge in [-0.2, -0.15) is 0 Å². The first-order chi connectivity index (χ1) is 11.3. The summed E-state index contributed by atoms with van der Waals surface area (Å²) in [6.45, 7) is 5.40. The Kier molecular flexibility index (Phi) is 7.62. The zero-order chi connectivity index (χ0) is 16.3. The lowest BCUT2D eigenvalue weighted by Gasteiger charge is -2.23. The third kappa shape index (κ3) is 5.69. The van der Waals surface area contributed by atoms with Crippen LogP contribution in [0.1, 0.15) is 56.7 Å². The molecule has 2 aromatic carbocycles. The van der Waals surface area contributed by atoms with Crippen LogP contribution < -0.4 is 5.32 Å². The van der Waals surface area contributed by atoms with Crippen LogP contribution in [0.2, 0.25) is 0 Å². The van der Waals surface area contributed by atoms with Gasteiger partial charge >= 0.3 is 0 Å². The van der Waals surface area contributed by atoms with Crippen LogP contribution >= 0.6 is 0 Å². The lowest BCUT2D eigenvalue weighted by Crippen LogP contribution is -2.23. The van der Waals surface area contributed by atoms with E-state index in [1.54, 1.807) is 0 Å². The monoisotopic (exact) mass is 307 g/mol. The predicted octanol–water partition coefficient (Wildman–Crippen LogP) is 6.04. The molecule has 0 bridgehead atoms. The van der Waals surface area contributed by atoms with Gasteiger partial charge in [0, 0.05) is 6.54 Å². The van der Waals surface area contributed by atoms with Gasteiger partial charge in [-0.05, 0) is 24.0 Å². The Morgan fingerprint density at radius 1 is 0.913 bits per heavy atom. The Bertz CT molecular complexity index is 571. The molecule has 1 unspecified atom stereocenters. The van der Waals surface area contributed by atoms with E-state index >= 15 is 0 Å². The third-order valence-corrected chi connectivity index (χ3v) is 4.09. The summed E-state index contributed by atoms with van der Waals surface area (Å²) in [6.07, 6.45) is 7.14. The standard InChI is InChI=1S/C22H29N/c1-3-5-15-20(12-4-2)22(21-16-10-7-11-17-21)23-18-19-13-8-6-9-14-19/h6-11,13-17,22-23H,3-5,12,18H2,1-2H3/b20-15+. The van der Waals surface area contributed by atoms with Crippen LogP contribution in [0.3, 0.4) is 0 Å². The van der Waals surface area contributed by atoms with Crippen molar-refractivity contribution in [3.63, 3.8) is 0 Å². The first-order valence-corrected chi connectivity index (χ1v) is 8.86. The van der Waals surface area contributed by atoms with E-state index in [9.17, 15) is 0 Å². The summed E-state index contributed by atoms with van der Waals surface area (Å²) in [5, 5.41) is 3.78. The molecule has 0 spiro atoms. The van der Waals surface area contributed by atoms with Crippen LogP contribution in [0.15, 0.2) is 72.3 Å². The first-order valence-electron chi connectivity index (χ1n) is 8.86. The van der Waals surface area contributed by atoms with E-state index in [2.05, 4.69) is 85.9 Å². The van der Waals surface area contributed by atoms with Crippen molar-refractivity contribution in [1.29, 1.82) is 0 Å². The Balaban J connectivity index is 2.20. The van der Waals surface area contributed by atoms with Crippen molar-refractivity contribution >= 4 is 0 Å². The third-order valence-electron chi connectivity index (χ3n) is 4.09. The van der Waals surface area contributed by atoms with Crippen LogP contribution in [-0.2, 0) is 6.54 Å². The highest BCUT2D eigenvalue weighted by molar-refractivity contribution is 5.29. The second kappa shape index (κ2) is 10.0. The van der Waals surface area contributed by atoms with E-state index < -0.39 is 0 Å². The van der Waals surface area contributed by atoms with Crippen molar-refractivity contribution in [2.45, 2.75) is 52.1 Å². The molecule has 1 atom stereocenters. The van der Waals surface area contributed by atoms with Crippen molar-refractivity contribution in [3.05, 3.63) is 83.4 Å². The van der Waals surface area contributed by atoms with Crippen molar-refractivity contribution in [1.82, 2.24) is 5.32 Å². The number of allylic oxidation sites excluding steroid dienone is 1. The van der Waals surface area contributed by atoms with Crippen molar-refractivity contribution in [3.8, 4) is 0 Å². The summed E-state index contributed by atoms with van der Waals surface area (Å²) >= 11 is 0. The maximum absolute atomic E-state index is 3.78. The fraction of sp³-hybridized carbons (Fsp3) is 0.364. The molecule has 0 heterocycles. The van der Waals surface area contributed by atoms with Crippen molar-refractivity contribution in [2.75, 3.05) is 0 Å². The number of rotatable bonds is 9. The molecular formula is C22H29N. The molecular weight excluding hydrogens is 278 g/mol. The second-order valence-corrected chi connectivity index (χ2v) is 6.03. The molecule has 0 amide bonds. The van der Waals surface area contributed by atoms with Gasteiger partial charge in [0.15, 0.2) is 0 Å². The topological polar surface area (TPSA) is 12.0 Å². The predicted molar refractivity (Wildman–Crippen MR) is 100 cm³/mol. The van der Waals surface area contributed by atoms with Crippen molar-refractivity contribution in [2.24, 2.45) is 0 Å². The molecule has 1 nitrogen and oxygen atoms in total. The second-order valence-electron chi connectivity index (χ2n) is 6.03. The van der Waals surface area contributed by atoms with E-state index in [0.29, 0.717) is 6.04 Å². The zero-order valence-electron chi connectivity index (χ0n) is 14.5. The molecule has 0 aliphatic rings. The lowest BCUT2D eigenvalue weighted by atomic mass is 9.94. The summed E-state index contributed by atoms with van der Waals surface area (Å²) in [7, 11) is 0. The van der Waals surface area contributed by atoms with Gasteiger partial charge in [-0.1, -0.05) is 99.0 Å². The van der Waals surface area contributed by atoms with Gasteiger partial charge in [-0.15, -0.1) is 0 Å². The molecule has 0 fully saturated rings. The molecule has 122 valence electrons. The van der Waals surface area contributed by atoms with Gasteiger partial charge in [-0.25, -0.2) is 0 Å². The molecule has 0 aromatic heterocycles. The van der Waals surface area contributed by atoms with Crippen molar-refractivity contribution < 1.29 is 0 Å². The molecule has 0 aliphatic heterocycles. The van der Waals surface area contributed by atoms with Crippen LogP contribution in [0.25, 0.3) is 0 Å². The number of nitrogens with one attached hydrogen (secondary N) is 1. The molecule has 0 saturated heterocycles. The normalized spacial score (nSPS) is 13.0. The highest BCUT2D eigenvalue weighted by Crippen LogP contribution is 2.26. The lowest BCUT2D eigenvalue weighted by molar-refractivity contribution is 0.571. The molecule has 23 heavy (non-hydrogen) atoms. The summed E-state index contributed by atoms with van der Waals surface area (Å²) in [4.78, 5) is 0. The first kappa shape index (κ1) is 17.5. The Morgan fingerprint density at radius 2 is 1.57 bits per heavy atom. The summed E-state index contributed by atoms with van der Waals surface area (Å²) in [5.74, 6) is 0. The van der Waals surface area contributed by atoms with Gasteiger partial charge in [0.05, 0.1) is 6.04 Å². The number of benzene rings is 2. The van der Waals surface area contributed by atoms with Crippen LogP contribution in [-0.4, -0.2) is 0 Å². The van der Waals surface area contributed by atoms with Crippen LogP contribution in [0.5, 0.6) is 0 Å². The minimum Gasteiger partial charge on any atom is -0.302 e. The molecule has 2 rings (SSSR count). The van der Waals surface area contributed by atoms with E-state index in [1.807, 2.05) is 0 Å². The van der Waals surface area contributed by atoms with E-state index in [-0.39, 0.29) is 0 Å². The number of hydrogen-bond acceptors (Lipinski definition) is 1. The van der Waals surface area contributed by atoms with Gasteiger partial charge < -0.3 is 5.32 Å². The summed E-state index contributed by atoms with van der Waals surface area (Å²) in [5.41, 5.74) is 4.22. The Labute approximate surface area is 141 Å². The summed E-state index contributed by atoms with van der Waals surface area (Å²) in [6, 6.07) is 21.8. The smallest absolute Gasteiger partial charge is 0.0538 e. The zero-order valence-corrected chi connectivity index (χ0v) is 14.5. The average Bonchev–Trinajstić information content (AvgIpc) is 2.61. The minimum absolute atomic E-state index is 0.308.